The van der Waals surface area contributed by atoms with Crippen molar-refractivity contribution in [2.45, 2.75) is 96.8 Å². The van der Waals surface area contributed by atoms with Gasteiger partial charge in [0.25, 0.3) is 5.91 Å². The van der Waals surface area contributed by atoms with Crippen molar-refractivity contribution < 1.29 is 9.53 Å². The predicted molar refractivity (Wildman–Crippen MR) is 156 cm³/mol. The number of unbranched alkanes of at least 4 members (excludes halogenated alkanes) is 12. The van der Waals surface area contributed by atoms with E-state index in [0.717, 1.165) is 37.7 Å². The number of benzene rings is 2. The van der Waals surface area contributed by atoms with E-state index in [4.69, 9.17) is 10.5 Å². The van der Waals surface area contributed by atoms with Crippen molar-refractivity contribution in [1.82, 2.24) is 4.90 Å². The van der Waals surface area contributed by atoms with Crippen LogP contribution in [-0.4, -0.2) is 30.5 Å². The van der Waals surface area contributed by atoms with Crippen molar-refractivity contribution in [3.63, 3.8) is 0 Å². The Morgan fingerprint density at radius 3 is 2.05 bits per heavy atom. The van der Waals surface area contributed by atoms with Gasteiger partial charge in [0.2, 0.25) is 0 Å². The molecule has 4 heteroatoms. The Balaban J connectivity index is 1.88. The Labute approximate surface area is 226 Å². The van der Waals surface area contributed by atoms with Crippen LogP contribution in [0.25, 0.3) is 0 Å². The van der Waals surface area contributed by atoms with Gasteiger partial charge in [-0.05, 0) is 56.0 Å². The summed E-state index contributed by atoms with van der Waals surface area (Å²) in [7, 11) is 0. The zero-order chi connectivity index (χ0) is 26.4. The number of hydrogen-bond donors (Lipinski definition) is 1. The molecule has 0 saturated heterocycles. The first kappa shape index (κ1) is 30.5. The molecule has 1 amide bonds. The van der Waals surface area contributed by atoms with Crippen LogP contribution in [-0.2, 0) is 0 Å². The SMILES string of the molecule is CCCCCCCCCCCCOc1ccccc1C(=O)N(C#Cc1ccccc1)CCCCCCN. The van der Waals surface area contributed by atoms with Crippen LogP contribution in [0.4, 0.5) is 0 Å². The van der Waals surface area contributed by atoms with Crippen LogP contribution in [0.3, 0.4) is 0 Å². The quantitative estimate of drug-likeness (QED) is 0.120. The molecular formula is C33H48N2O2. The Kier molecular flexibility index (Phi) is 16.7. The van der Waals surface area contributed by atoms with Crippen LogP contribution in [0.5, 0.6) is 5.75 Å². The summed E-state index contributed by atoms with van der Waals surface area (Å²) in [6, 6.07) is 20.5. The smallest absolute Gasteiger partial charge is 0.269 e. The van der Waals surface area contributed by atoms with E-state index in [1.807, 2.05) is 54.6 Å². The van der Waals surface area contributed by atoms with Gasteiger partial charge in [-0.1, -0.05) is 108 Å². The maximum atomic E-state index is 13.5. The number of carbonyl (C=O) groups is 1. The average Bonchev–Trinajstić information content (AvgIpc) is 2.93. The summed E-state index contributed by atoms with van der Waals surface area (Å²) in [6.45, 7) is 4.20. The predicted octanol–water partition coefficient (Wildman–Crippen LogP) is 7.96. The fourth-order valence-corrected chi connectivity index (χ4v) is 4.32. The summed E-state index contributed by atoms with van der Waals surface area (Å²) in [5.41, 5.74) is 7.10. The van der Waals surface area contributed by atoms with E-state index in [2.05, 4.69) is 18.9 Å². The molecule has 0 aliphatic heterocycles. The lowest BCUT2D eigenvalue weighted by Gasteiger charge is -2.18. The highest BCUT2D eigenvalue weighted by Crippen LogP contribution is 2.21. The third kappa shape index (κ3) is 13.4. The second-order valence-electron chi connectivity index (χ2n) is 9.79. The molecule has 37 heavy (non-hydrogen) atoms. The Morgan fingerprint density at radius 1 is 0.757 bits per heavy atom. The molecule has 4 nitrogen and oxygen atoms in total. The largest absolute Gasteiger partial charge is 0.493 e. The highest BCUT2D eigenvalue weighted by atomic mass is 16.5. The molecule has 0 heterocycles. The van der Waals surface area contributed by atoms with Gasteiger partial charge in [-0.3, -0.25) is 9.69 Å². The van der Waals surface area contributed by atoms with Crippen molar-refractivity contribution in [3.8, 4) is 17.7 Å². The molecule has 202 valence electrons. The van der Waals surface area contributed by atoms with Crippen LogP contribution in [0.2, 0.25) is 0 Å². The van der Waals surface area contributed by atoms with Gasteiger partial charge in [0.1, 0.15) is 5.75 Å². The van der Waals surface area contributed by atoms with Crippen LogP contribution >= 0.6 is 0 Å². The van der Waals surface area contributed by atoms with Crippen molar-refractivity contribution in [2.75, 3.05) is 19.7 Å². The van der Waals surface area contributed by atoms with Gasteiger partial charge in [0.15, 0.2) is 0 Å². The van der Waals surface area contributed by atoms with Crippen molar-refractivity contribution >= 4 is 5.91 Å². The maximum Gasteiger partial charge on any atom is 0.269 e. The molecular weight excluding hydrogens is 456 g/mol. The third-order valence-corrected chi connectivity index (χ3v) is 6.56. The highest BCUT2D eigenvalue weighted by Gasteiger charge is 2.18. The van der Waals surface area contributed by atoms with Crippen LogP contribution in [0.1, 0.15) is 113 Å². The average molecular weight is 505 g/mol. The van der Waals surface area contributed by atoms with Crippen molar-refractivity contribution in [1.29, 1.82) is 0 Å². The van der Waals surface area contributed by atoms with Gasteiger partial charge in [-0.2, -0.15) is 0 Å². The van der Waals surface area contributed by atoms with E-state index in [0.29, 0.717) is 31.0 Å². The Bertz CT molecular complexity index is 917. The normalized spacial score (nSPS) is 10.5. The van der Waals surface area contributed by atoms with Crippen molar-refractivity contribution in [3.05, 3.63) is 65.7 Å². The summed E-state index contributed by atoms with van der Waals surface area (Å²) in [4.78, 5) is 15.2. The molecule has 2 N–H and O–H groups in total. The van der Waals surface area contributed by atoms with Gasteiger partial charge >= 0.3 is 0 Å². The van der Waals surface area contributed by atoms with E-state index >= 15 is 0 Å². The number of nitrogens with zero attached hydrogens (tertiary/aromatic N) is 1. The lowest BCUT2D eigenvalue weighted by atomic mass is 10.1. The summed E-state index contributed by atoms with van der Waals surface area (Å²) in [5, 5.41) is 0. The minimum absolute atomic E-state index is 0.0964. The van der Waals surface area contributed by atoms with Crippen LogP contribution in [0, 0.1) is 12.0 Å². The topological polar surface area (TPSA) is 55.6 Å². The summed E-state index contributed by atoms with van der Waals surface area (Å²) < 4.78 is 6.09. The van der Waals surface area contributed by atoms with Gasteiger partial charge in [-0.25, -0.2) is 0 Å². The molecule has 0 unspecified atom stereocenters. The minimum Gasteiger partial charge on any atom is -0.493 e. The van der Waals surface area contributed by atoms with Gasteiger partial charge < -0.3 is 10.5 Å². The number of amides is 1. The highest BCUT2D eigenvalue weighted by molar-refractivity contribution is 5.98. The third-order valence-electron chi connectivity index (χ3n) is 6.56. The van der Waals surface area contributed by atoms with Crippen LogP contribution < -0.4 is 10.5 Å². The molecule has 0 aromatic heterocycles. The first-order chi connectivity index (χ1) is 18.3. The van der Waals surface area contributed by atoms with Gasteiger partial charge in [-0.15, -0.1) is 0 Å². The number of para-hydroxylation sites is 1. The lowest BCUT2D eigenvalue weighted by molar-refractivity contribution is 0.0828. The number of nitrogens with two attached hydrogens (primary N) is 1. The van der Waals surface area contributed by atoms with Gasteiger partial charge in [0, 0.05) is 18.2 Å². The Hall–Kier alpha value is -2.77. The summed E-state index contributed by atoms with van der Waals surface area (Å²) >= 11 is 0. The second kappa shape index (κ2) is 20.3. The molecule has 2 aromatic rings. The standard InChI is InChI=1S/C33H48N2O2/c1-2-3-4-5-6-7-8-9-12-20-29-37-32-24-17-16-23-31(32)33(36)35(27-19-11-10-18-26-34)28-25-30-21-14-13-15-22-30/h13-17,21-24H,2-12,18-20,26-27,29,34H2,1H3. The van der Waals surface area contributed by atoms with Crippen molar-refractivity contribution in [2.24, 2.45) is 5.73 Å². The molecule has 2 rings (SSSR count). The molecule has 0 atom stereocenters. The number of ether oxygens (including phenoxy) is 1. The zero-order valence-electron chi connectivity index (χ0n) is 23.1. The number of rotatable bonds is 19. The molecule has 0 saturated carbocycles. The fraction of sp³-hybridized carbons (Fsp3) is 0.545. The monoisotopic (exact) mass is 504 g/mol. The molecule has 0 spiro atoms. The molecule has 0 fully saturated rings. The maximum absolute atomic E-state index is 13.5. The summed E-state index contributed by atoms with van der Waals surface area (Å²) in [5.74, 6) is 3.71. The lowest BCUT2D eigenvalue weighted by Crippen LogP contribution is -2.28. The number of hydrogen-bond acceptors (Lipinski definition) is 3. The molecule has 2 aromatic carbocycles. The van der Waals surface area contributed by atoms with E-state index in [1.165, 1.54) is 57.8 Å². The van der Waals surface area contributed by atoms with E-state index < -0.39 is 0 Å². The first-order valence-corrected chi connectivity index (χ1v) is 14.6. The molecule has 0 aliphatic rings. The summed E-state index contributed by atoms with van der Waals surface area (Å²) in [6.07, 6.45) is 16.9. The second-order valence-corrected chi connectivity index (χ2v) is 9.79. The van der Waals surface area contributed by atoms with E-state index in [9.17, 15) is 4.79 Å². The Morgan fingerprint density at radius 2 is 1.35 bits per heavy atom. The van der Waals surface area contributed by atoms with E-state index in [-0.39, 0.29) is 5.91 Å². The minimum atomic E-state index is -0.0964. The first-order valence-electron chi connectivity index (χ1n) is 14.6. The number of carbonyl (C=O) groups excluding carboxylic acids is 1. The molecule has 0 aliphatic carbocycles. The zero-order valence-corrected chi connectivity index (χ0v) is 23.1. The fourth-order valence-electron chi connectivity index (χ4n) is 4.32. The van der Waals surface area contributed by atoms with Crippen LogP contribution in [0.15, 0.2) is 54.6 Å². The van der Waals surface area contributed by atoms with Gasteiger partial charge in [0.05, 0.1) is 12.2 Å². The molecule has 0 bridgehead atoms. The van der Waals surface area contributed by atoms with E-state index in [1.54, 1.807) is 4.90 Å². The molecule has 0 radical (unpaired) electrons.